The van der Waals surface area contributed by atoms with Crippen LogP contribution in [-0.2, 0) is 9.84 Å². The van der Waals surface area contributed by atoms with Crippen molar-refractivity contribution in [2.24, 2.45) is 17.3 Å². The number of hydrogen-bond donors (Lipinski definition) is 1. The van der Waals surface area contributed by atoms with Crippen molar-refractivity contribution in [2.45, 2.75) is 51.6 Å². The molecule has 4 nitrogen and oxygen atoms in total. The summed E-state index contributed by atoms with van der Waals surface area (Å²) in [6, 6.07) is 12.0. The summed E-state index contributed by atoms with van der Waals surface area (Å²) in [6.07, 6.45) is 8.72. The third-order valence-electron chi connectivity index (χ3n) is 6.91. The highest BCUT2D eigenvalue weighted by Crippen LogP contribution is 2.50. The van der Waals surface area contributed by atoms with Crippen molar-refractivity contribution in [3.8, 4) is 0 Å². The van der Waals surface area contributed by atoms with Gasteiger partial charge in [0, 0.05) is 38.0 Å². The first-order valence-corrected chi connectivity index (χ1v) is 13.2. The van der Waals surface area contributed by atoms with Crippen LogP contribution in [0, 0.1) is 17.3 Å². The molecule has 0 aromatic heterocycles. The van der Waals surface area contributed by atoms with Gasteiger partial charge in [-0.15, -0.1) is 0 Å². The van der Waals surface area contributed by atoms with Gasteiger partial charge in [-0.1, -0.05) is 55.8 Å². The Morgan fingerprint density at radius 3 is 2.59 bits per heavy atom. The van der Waals surface area contributed by atoms with Crippen molar-refractivity contribution in [2.75, 3.05) is 31.6 Å². The van der Waals surface area contributed by atoms with E-state index in [9.17, 15) is 8.42 Å². The largest absolute Gasteiger partial charge is 0.311 e. The predicted octanol–water partition coefficient (Wildman–Crippen LogP) is 3.60. The van der Waals surface area contributed by atoms with Crippen LogP contribution in [0.4, 0.5) is 0 Å². The molecule has 160 valence electrons. The number of likely N-dealkylation sites (tertiary alicyclic amines) is 1. The summed E-state index contributed by atoms with van der Waals surface area (Å²) < 4.78 is 22.9. The summed E-state index contributed by atoms with van der Waals surface area (Å²) in [5.41, 5.74) is 3.41. The average Bonchev–Trinajstić information content (AvgIpc) is 3.34. The summed E-state index contributed by atoms with van der Waals surface area (Å²) >= 11 is 0. The molecule has 1 heterocycles. The molecule has 5 heteroatoms. The van der Waals surface area contributed by atoms with Gasteiger partial charge in [0.05, 0.1) is 5.75 Å². The Bertz CT molecular complexity index is 835. The van der Waals surface area contributed by atoms with Gasteiger partial charge in [0.25, 0.3) is 0 Å². The lowest BCUT2D eigenvalue weighted by Crippen LogP contribution is -2.66. The zero-order valence-corrected chi connectivity index (χ0v) is 18.9. The molecule has 1 N–H and O–H groups in total. The molecule has 1 aromatic rings. The molecule has 0 radical (unpaired) electrons. The molecule has 0 bridgehead atoms. The predicted molar refractivity (Wildman–Crippen MR) is 121 cm³/mol. The third-order valence-corrected chi connectivity index (χ3v) is 8.08. The van der Waals surface area contributed by atoms with Crippen LogP contribution in [0.1, 0.15) is 45.1 Å². The zero-order chi connectivity index (χ0) is 20.6. The van der Waals surface area contributed by atoms with Crippen LogP contribution in [0.15, 0.2) is 35.9 Å². The van der Waals surface area contributed by atoms with E-state index in [2.05, 4.69) is 60.5 Å². The van der Waals surface area contributed by atoms with Gasteiger partial charge in [-0.05, 0) is 48.5 Å². The maximum absolute atomic E-state index is 11.4. The van der Waals surface area contributed by atoms with E-state index < -0.39 is 9.84 Å². The van der Waals surface area contributed by atoms with Crippen LogP contribution >= 0.6 is 0 Å². The first-order chi connectivity index (χ1) is 13.8. The molecule has 1 aliphatic heterocycles. The number of rotatable bonds is 9. The van der Waals surface area contributed by atoms with Gasteiger partial charge in [0.2, 0.25) is 0 Å². The van der Waals surface area contributed by atoms with E-state index in [4.69, 9.17) is 0 Å². The number of sulfone groups is 1. The summed E-state index contributed by atoms with van der Waals surface area (Å²) in [7, 11) is -2.86. The molecule has 2 saturated carbocycles. The zero-order valence-electron chi connectivity index (χ0n) is 18.1. The van der Waals surface area contributed by atoms with E-state index in [-0.39, 0.29) is 5.92 Å². The Balaban J connectivity index is 1.18. The van der Waals surface area contributed by atoms with E-state index in [0.717, 1.165) is 26.1 Å². The van der Waals surface area contributed by atoms with Gasteiger partial charge in [-0.25, -0.2) is 8.42 Å². The highest BCUT2D eigenvalue weighted by molar-refractivity contribution is 7.90. The fourth-order valence-corrected chi connectivity index (χ4v) is 6.87. The van der Waals surface area contributed by atoms with Crippen molar-refractivity contribution in [1.82, 2.24) is 10.2 Å². The van der Waals surface area contributed by atoms with E-state index in [1.807, 2.05) is 0 Å². The Morgan fingerprint density at radius 1 is 1.28 bits per heavy atom. The molecule has 4 rings (SSSR count). The van der Waals surface area contributed by atoms with E-state index >= 15 is 0 Å². The molecule has 1 unspecified atom stereocenters. The molecule has 1 spiro atoms. The molecule has 2 aliphatic carbocycles. The maximum atomic E-state index is 11.4. The summed E-state index contributed by atoms with van der Waals surface area (Å²) in [6.45, 7) is 7.56. The average molecular weight is 417 g/mol. The van der Waals surface area contributed by atoms with Crippen molar-refractivity contribution in [3.05, 3.63) is 41.5 Å². The second-order valence-electron chi connectivity index (χ2n) is 10.1. The Morgan fingerprint density at radius 2 is 1.97 bits per heavy atom. The van der Waals surface area contributed by atoms with E-state index in [0.29, 0.717) is 29.2 Å². The smallest absolute Gasteiger partial charge is 0.147 e. The monoisotopic (exact) mass is 416 g/mol. The van der Waals surface area contributed by atoms with Gasteiger partial charge in [0.1, 0.15) is 9.84 Å². The van der Waals surface area contributed by atoms with E-state index in [1.54, 1.807) is 5.57 Å². The molecule has 0 amide bonds. The SMILES string of the molecule is CC/C(=C\c1ccccc1)[C@H]1C[C@@H]1NC1CC2(C1)CN(CC(C)CS(C)(=O)=O)C2. The van der Waals surface area contributed by atoms with Crippen LogP contribution in [0.25, 0.3) is 6.08 Å². The Kier molecular flexibility index (Phi) is 5.93. The standard InChI is InChI=1S/C24H36N2O2S/c1-4-20(10-19-8-6-5-7-9-19)22-11-23(22)25-21-12-24(13-21)16-26(17-24)14-18(2)15-29(3,27)28/h5-10,18,21-23,25H,4,11-17H2,1-3H3/b20-10+/t18?,22-,23+/m1/s1. The summed E-state index contributed by atoms with van der Waals surface area (Å²) in [4.78, 5) is 2.45. The van der Waals surface area contributed by atoms with Crippen molar-refractivity contribution >= 4 is 15.9 Å². The van der Waals surface area contributed by atoms with Gasteiger partial charge >= 0.3 is 0 Å². The lowest BCUT2D eigenvalue weighted by atomic mass is 9.60. The Hall–Kier alpha value is -1.17. The molecule has 3 aliphatic rings. The van der Waals surface area contributed by atoms with Crippen molar-refractivity contribution in [1.29, 1.82) is 0 Å². The van der Waals surface area contributed by atoms with Crippen LogP contribution in [0.2, 0.25) is 0 Å². The molecular formula is C24H36N2O2S. The summed E-state index contributed by atoms with van der Waals surface area (Å²) in [5.74, 6) is 1.25. The topological polar surface area (TPSA) is 49.4 Å². The quantitative estimate of drug-likeness (QED) is 0.668. The van der Waals surface area contributed by atoms with E-state index in [1.165, 1.54) is 31.1 Å². The van der Waals surface area contributed by atoms with Gasteiger partial charge in [-0.3, -0.25) is 0 Å². The lowest BCUT2D eigenvalue weighted by Gasteiger charge is -2.60. The lowest BCUT2D eigenvalue weighted by molar-refractivity contribution is -0.0829. The molecule has 29 heavy (non-hydrogen) atoms. The van der Waals surface area contributed by atoms with Crippen LogP contribution in [-0.4, -0.2) is 57.0 Å². The van der Waals surface area contributed by atoms with Gasteiger partial charge < -0.3 is 10.2 Å². The fourth-order valence-electron chi connectivity index (χ4n) is 5.73. The van der Waals surface area contributed by atoms with Crippen LogP contribution < -0.4 is 5.32 Å². The van der Waals surface area contributed by atoms with Crippen LogP contribution in [0.3, 0.4) is 0 Å². The minimum Gasteiger partial charge on any atom is -0.311 e. The van der Waals surface area contributed by atoms with Crippen molar-refractivity contribution < 1.29 is 8.42 Å². The number of hydrogen-bond acceptors (Lipinski definition) is 4. The Labute approximate surface area is 176 Å². The first-order valence-electron chi connectivity index (χ1n) is 11.2. The van der Waals surface area contributed by atoms with Crippen molar-refractivity contribution in [3.63, 3.8) is 0 Å². The second-order valence-corrected chi connectivity index (χ2v) is 12.3. The highest BCUT2D eigenvalue weighted by atomic mass is 32.2. The number of nitrogens with one attached hydrogen (secondary N) is 1. The number of nitrogens with zero attached hydrogens (tertiary/aromatic N) is 1. The third kappa shape index (κ3) is 5.31. The minimum atomic E-state index is -2.86. The fraction of sp³-hybridized carbons (Fsp3) is 0.667. The molecule has 3 fully saturated rings. The van der Waals surface area contributed by atoms with Crippen LogP contribution in [0.5, 0.6) is 0 Å². The summed E-state index contributed by atoms with van der Waals surface area (Å²) in [5, 5.41) is 3.91. The molecule has 1 aromatic carbocycles. The first kappa shape index (κ1) is 21.1. The molecule has 3 atom stereocenters. The minimum absolute atomic E-state index is 0.229. The van der Waals surface area contributed by atoms with Gasteiger partial charge in [-0.2, -0.15) is 0 Å². The normalized spacial score (nSPS) is 28.0. The van der Waals surface area contributed by atoms with Gasteiger partial charge in [0.15, 0.2) is 0 Å². The number of benzene rings is 1. The molecule has 1 saturated heterocycles. The second kappa shape index (κ2) is 8.16. The molecular weight excluding hydrogens is 380 g/mol. The highest BCUT2D eigenvalue weighted by Gasteiger charge is 2.53. The maximum Gasteiger partial charge on any atom is 0.147 e.